The molecule has 0 radical (unpaired) electrons. The van der Waals surface area contributed by atoms with Crippen LogP contribution in [0.15, 0.2) is 6.20 Å². The average molecular weight is 206 g/mol. The van der Waals surface area contributed by atoms with E-state index in [0.717, 1.165) is 0 Å². The van der Waals surface area contributed by atoms with Gasteiger partial charge in [0.05, 0.1) is 17.3 Å². The quantitative estimate of drug-likeness (QED) is 0.768. The van der Waals surface area contributed by atoms with Crippen LogP contribution in [-0.4, -0.2) is 26.5 Å². The van der Waals surface area contributed by atoms with E-state index in [9.17, 15) is 4.79 Å². The van der Waals surface area contributed by atoms with Gasteiger partial charge in [-0.2, -0.15) is 15.4 Å². The lowest BCUT2D eigenvalue weighted by Gasteiger charge is -2.16. The first-order chi connectivity index (χ1) is 5.52. The molecule has 0 atom stereocenters. The Bertz CT molecular complexity index is 271. The SMILES string of the molecule is CC(C)(Cc1cn[nH]n1)C(=O)O.Cl. The molecule has 0 bridgehead atoms. The molecule has 0 aromatic carbocycles. The van der Waals surface area contributed by atoms with Gasteiger partial charge >= 0.3 is 5.97 Å². The van der Waals surface area contributed by atoms with Gasteiger partial charge in [0.25, 0.3) is 0 Å². The number of carboxylic acids is 1. The van der Waals surface area contributed by atoms with Crippen LogP contribution in [0.2, 0.25) is 0 Å². The Hall–Kier alpha value is -1.10. The number of aliphatic carboxylic acids is 1. The molecule has 0 spiro atoms. The zero-order valence-corrected chi connectivity index (χ0v) is 8.26. The first kappa shape index (κ1) is 11.9. The van der Waals surface area contributed by atoms with E-state index >= 15 is 0 Å². The monoisotopic (exact) mass is 205 g/mol. The molecule has 0 aliphatic heterocycles. The van der Waals surface area contributed by atoms with Crippen molar-refractivity contribution in [1.82, 2.24) is 15.4 Å². The fraction of sp³-hybridized carbons (Fsp3) is 0.571. The van der Waals surface area contributed by atoms with E-state index in [0.29, 0.717) is 12.1 Å². The molecular weight excluding hydrogens is 194 g/mol. The summed E-state index contributed by atoms with van der Waals surface area (Å²) in [7, 11) is 0. The summed E-state index contributed by atoms with van der Waals surface area (Å²) in [4.78, 5) is 10.7. The number of aromatic nitrogens is 3. The number of hydrogen-bond acceptors (Lipinski definition) is 3. The third kappa shape index (κ3) is 3.02. The lowest BCUT2D eigenvalue weighted by molar-refractivity contribution is -0.146. The molecule has 0 saturated carbocycles. The summed E-state index contributed by atoms with van der Waals surface area (Å²) in [5.74, 6) is -0.828. The molecule has 74 valence electrons. The Morgan fingerprint density at radius 3 is 2.69 bits per heavy atom. The second-order valence-corrected chi connectivity index (χ2v) is 3.33. The van der Waals surface area contributed by atoms with E-state index in [1.54, 1.807) is 13.8 Å². The highest BCUT2D eigenvalue weighted by Crippen LogP contribution is 2.19. The van der Waals surface area contributed by atoms with Gasteiger partial charge in [0.15, 0.2) is 0 Å². The molecule has 13 heavy (non-hydrogen) atoms. The highest BCUT2D eigenvalue weighted by molar-refractivity contribution is 5.85. The Labute approximate surface area is 82.0 Å². The van der Waals surface area contributed by atoms with Gasteiger partial charge in [-0.05, 0) is 13.8 Å². The van der Waals surface area contributed by atoms with E-state index in [4.69, 9.17) is 5.11 Å². The third-order valence-corrected chi connectivity index (χ3v) is 1.67. The normalized spacial score (nSPS) is 10.6. The minimum Gasteiger partial charge on any atom is -0.481 e. The van der Waals surface area contributed by atoms with Crippen molar-refractivity contribution in [3.05, 3.63) is 11.9 Å². The van der Waals surface area contributed by atoms with Gasteiger partial charge in [-0.1, -0.05) is 0 Å². The van der Waals surface area contributed by atoms with Crippen LogP contribution in [-0.2, 0) is 11.2 Å². The summed E-state index contributed by atoms with van der Waals surface area (Å²) in [6, 6.07) is 0. The summed E-state index contributed by atoms with van der Waals surface area (Å²) in [5.41, 5.74) is -0.112. The van der Waals surface area contributed by atoms with Crippen LogP contribution in [0, 0.1) is 5.41 Å². The zero-order chi connectivity index (χ0) is 9.19. The number of hydrogen-bond donors (Lipinski definition) is 2. The summed E-state index contributed by atoms with van der Waals surface area (Å²) in [5, 5.41) is 18.6. The van der Waals surface area contributed by atoms with Crippen molar-refractivity contribution in [2.24, 2.45) is 5.41 Å². The summed E-state index contributed by atoms with van der Waals surface area (Å²) >= 11 is 0. The number of H-pyrrole nitrogens is 1. The molecule has 1 heterocycles. The molecule has 0 fully saturated rings. The topological polar surface area (TPSA) is 78.9 Å². The molecule has 1 aromatic rings. The highest BCUT2D eigenvalue weighted by atomic mass is 35.5. The van der Waals surface area contributed by atoms with Gasteiger partial charge in [0.1, 0.15) is 0 Å². The molecule has 0 saturated heterocycles. The average Bonchev–Trinajstić information content (AvgIpc) is 2.38. The summed E-state index contributed by atoms with van der Waals surface area (Å²) < 4.78 is 0. The van der Waals surface area contributed by atoms with Crippen molar-refractivity contribution in [3.63, 3.8) is 0 Å². The predicted octanol–water partition coefficient (Wildman–Crippen LogP) is 0.880. The molecule has 6 heteroatoms. The van der Waals surface area contributed by atoms with E-state index < -0.39 is 11.4 Å². The molecule has 5 nitrogen and oxygen atoms in total. The second-order valence-electron chi connectivity index (χ2n) is 3.33. The smallest absolute Gasteiger partial charge is 0.309 e. The van der Waals surface area contributed by atoms with Crippen LogP contribution in [0.1, 0.15) is 19.5 Å². The molecule has 0 unspecified atom stereocenters. The minimum atomic E-state index is -0.828. The van der Waals surface area contributed by atoms with Gasteiger partial charge in [-0.3, -0.25) is 4.79 Å². The Morgan fingerprint density at radius 1 is 1.69 bits per heavy atom. The summed E-state index contributed by atoms with van der Waals surface area (Å²) in [6.07, 6.45) is 1.92. The molecule has 2 N–H and O–H groups in total. The van der Waals surface area contributed by atoms with Crippen LogP contribution in [0.5, 0.6) is 0 Å². The minimum absolute atomic E-state index is 0. The van der Waals surface area contributed by atoms with Crippen molar-refractivity contribution in [2.45, 2.75) is 20.3 Å². The van der Waals surface area contributed by atoms with Crippen LogP contribution in [0.3, 0.4) is 0 Å². The molecule has 0 amide bonds. The van der Waals surface area contributed by atoms with Gasteiger partial charge < -0.3 is 5.11 Å². The van der Waals surface area contributed by atoms with Crippen molar-refractivity contribution in [1.29, 1.82) is 0 Å². The lowest BCUT2D eigenvalue weighted by Crippen LogP contribution is -2.26. The van der Waals surface area contributed by atoms with E-state index in [-0.39, 0.29) is 12.4 Å². The van der Waals surface area contributed by atoms with Crippen LogP contribution in [0.25, 0.3) is 0 Å². The molecular formula is C7H12ClN3O2. The Kier molecular flexibility index (Phi) is 3.87. The maximum absolute atomic E-state index is 10.7. The third-order valence-electron chi connectivity index (χ3n) is 1.67. The zero-order valence-electron chi connectivity index (χ0n) is 7.44. The number of rotatable bonds is 3. The Morgan fingerprint density at radius 2 is 2.31 bits per heavy atom. The molecule has 0 aliphatic carbocycles. The van der Waals surface area contributed by atoms with Gasteiger partial charge in [0, 0.05) is 6.42 Å². The number of carboxylic acid groups (broad SMARTS) is 1. The molecule has 0 aliphatic rings. The number of nitrogens with zero attached hydrogens (tertiary/aromatic N) is 2. The van der Waals surface area contributed by atoms with Crippen LogP contribution < -0.4 is 0 Å². The standard InChI is InChI=1S/C7H11N3O2.ClH/c1-7(2,6(11)12)3-5-4-8-10-9-5;/h4H,3H2,1-2H3,(H,11,12)(H,8,9,10);1H. The van der Waals surface area contributed by atoms with E-state index in [1.165, 1.54) is 6.20 Å². The van der Waals surface area contributed by atoms with Crippen LogP contribution in [0.4, 0.5) is 0 Å². The molecule has 1 aromatic heterocycles. The predicted molar refractivity (Wildman–Crippen MR) is 48.8 cm³/mol. The van der Waals surface area contributed by atoms with Gasteiger partial charge in [-0.25, -0.2) is 0 Å². The number of nitrogens with one attached hydrogen (secondary N) is 1. The van der Waals surface area contributed by atoms with Crippen molar-refractivity contribution >= 4 is 18.4 Å². The number of aromatic amines is 1. The van der Waals surface area contributed by atoms with Crippen molar-refractivity contribution < 1.29 is 9.90 Å². The van der Waals surface area contributed by atoms with E-state index in [1.807, 2.05) is 0 Å². The second kappa shape index (κ2) is 4.23. The first-order valence-corrected chi connectivity index (χ1v) is 3.60. The first-order valence-electron chi connectivity index (χ1n) is 3.60. The van der Waals surface area contributed by atoms with Crippen LogP contribution >= 0.6 is 12.4 Å². The van der Waals surface area contributed by atoms with E-state index in [2.05, 4.69) is 15.4 Å². The highest BCUT2D eigenvalue weighted by Gasteiger charge is 2.28. The maximum Gasteiger partial charge on any atom is 0.309 e. The Balaban J connectivity index is 0.00000144. The number of halogens is 1. The maximum atomic E-state index is 10.7. The molecule has 1 rings (SSSR count). The summed E-state index contributed by atoms with van der Waals surface area (Å²) in [6.45, 7) is 3.31. The van der Waals surface area contributed by atoms with Gasteiger partial charge in [-0.15, -0.1) is 12.4 Å². The van der Waals surface area contributed by atoms with Crippen molar-refractivity contribution in [2.75, 3.05) is 0 Å². The van der Waals surface area contributed by atoms with Gasteiger partial charge in [0.2, 0.25) is 0 Å². The fourth-order valence-corrected chi connectivity index (χ4v) is 0.839. The largest absolute Gasteiger partial charge is 0.481 e. The lowest BCUT2D eigenvalue weighted by atomic mass is 9.88. The number of carbonyl (C=O) groups is 1. The fourth-order valence-electron chi connectivity index (χ4n) is 0.839. The van der Waals surface area contributed by atoms with Crippen molar-refractivity contribution in [3.8, 4) is 0 Å².